The van der Waals surface area contributed by atoms with Gasteiger partial charge in [-0.15, -0.1) is 29.9 Å². The molecule has 1 unspecified atom stereocenters. The summed E-state index contributed by atoms with van der Waals surface area (Å²) in [6, 6.07) is 4.51. The number of nitrogens with one attached hydrogen (secondary N) is 1. The van der Waals surface area contributed by atoms with Crippen LogP contribution in [0.15, 0.2) is 22.9 Å². The number of imidazole rings is 1. The van der Waals surface area contributed by atoms with Crippen LogP contribution in [0.25, 0.3) is 5.65 Å². The number of anilines is 1. The molecular formula is C11H16BrCl2N5. The summed E-state index contributed by atoms with van der Waals surface area (Å²) in [4.78, 5) is 6.57. The van der Waals surface area contributed by atoms with E-state index in [2.05, 4.69) is 43.2 Å². The van der Waals surface area contributed by atoms with Crippen molar-refractivity contribution in [3.63, 3.8) is 0 Å². The molecule has 0 saturated carbocycles. The monoisotopic (exact) mass is 367 g/mol. The molecule has 0 amide bonds. The van der Waals surface area contributed by atoms with Crippen molar-refractivity contribution >= 4 is 52.2 Å². The topological polar surface area (TPSA) is 45.5 Å². The zero-order chi connectivity index (χ0) is 11.8. The highest BCUT2D eigenvalue weighted by molar-refractivity contribution is 9.10. The Morgan fingerprint density at radius 2 is 2.16 bits per heavy atom. The Labute approximate surface area is 132 Å². The molecule has 1 aliphatic heterocycles. The normalized spacial score (nSPS) is 18.8. The Bertz CT molecular complexity index is 547. The van der Waals surface area contributed by atoms with E-state index in [1.54, 1.807) is 6.20 Å². The van der Waals surface area contributed by atoms with Crippen molar-refractivity contribution in [3.05, 3.63) is 22.9 Å². The van der Waals surface area contributed by atoms with Gasteiger partial charge >= 0.3 is 0 Å². The van der Waals surface area contributed by atoms with Gasteiger partial charge in [-0.2, -0.15) is 0 Å². The first-order valence-corrected chi connectivity index (χ1v) is 6.52. The molecule has 2 aromatic heterocycles. The molecule has 106 valence electrons. The van der Waals surface area contributed by atoms with E-state index in [0.717, 1.165) is 35.7 Å². The van der Waals surface area contributed by atoms with E-state index in [4.69, 9.17) is 0 Å². The summed E-state index contributed by atoms with van der Waals surface area (Å²) >= 11 is 3.45. The van der Waals surface area contributed by atoms with Crippen molar-refractivity contribution in [2.75, 3.05) is 24.5 Å². The molecule has 0 aliphatic carbocycles. The lowest BCUT2D eigenvalue weighted by molar-refractivity contribution is 0.495. The van der Waals surface area contributed by atoms with Gasteiger partial charge in [0.1, 0.15) is 10.4 Å². The molecule has 8 heteroatoms. The third-order valence-electron chi connectivity index (χ3n) is 3.10. The molecule has 0 aromatic carbocycles. The fraction of sp³-hybridized carbons (Fsp3) is 0.455. The predicted molar refractivity (Wildman–Crippen MR) is 84.9 cm³/mol. The summed E-state index contributed by atoms with van der Waals surface area (Å²) in [7, 11) is 0. The minimum atomic E-state index is 0. The number of hydrogen-bond acceptors (Lipinski definition) is 4. The lowest BCUT2D eigenvalue weighted by atomic mass is 10.2. The molecule has 0 radical (unpaired) electrons. The van der Waals surface area contributed by atoms with Crippen LogP contribution in [-0.2, 0) is 0 Å². The third kappa shape index (κ3) is 3.13. The van der Waals surface area contributed by atoms with Crippen LogP contribution < -0.4 is 10.2 Å². The van der Waals surface area contributed by atoms with Crippen molar-refractivity contribution in [1.82, 2.24) is 19.9 Å². The number of nitrogens with zero attached hydrogens (tertiary/aromatic N) is 4. The molecule has 3 rings (SSSR count). The van der Waals surface area contributed by atoms with Gasteiger partial charge in [0.15, 0.2) is 5.65 Å². The highest BCUT2D eigenvalue weighted by atomic mass is 79.9. The number of aromatic nitrogens is 3. The number of rotatable bonds is 1. The van der Waals surface area contributed by atoms with Crippen LogP contribution in [0.3, 0.4) is 0 Å². The minimum Gasteiger partial charge on any atom is -0.350 e. The first kappa shape index (κ1) is 16.5. The van der Waals surface area contributed by atoms with Gasteiger partial charge in [0.05, 0.1) is 6.20 Å². The maximum atomic E-state index is 4.61. The molecule has 3 heterocycles. The molecule has 0 spiro atoms. The summed E-state index contributed by atoms with van der Waals surface area (Å²) in [5, 5.41) is 7.99. The van der Waals surface area contributed by atoms with Gasteiger partial charge in [0, 0.05) is 25.7 Å². The molecular weight excluding hydrogens is 353 g/mol. The molecule has 1 N–H and O–H groups in total. The average molecular weight is 369 g/mol. The molecule has 1 saturated heterocycles. The maximum Gasteiger partial charge on any atom is 0.154 e. The predicted octanol–water partition coefficient (Wildman–Crippen LogP) is 2.13. The number of piperazine rings is 1. The summed E-state index contributed by atoms with van der Waals surface area (Å²) in [6.45, 7) is 5.22. The van der Waals surface area contributed by atoms with Crippen molar-refractivity contribution in [2.45, 2.75) is 13.0 Å². The van der Waals surface area contributed by atoms with Crippen molar-refractivity contribution in [3.8, 4) is 0 Å². The van der Waals surface area contributed by atoms with Crippen LogP contribution in [0, 0.1) is 0 Å². The Hall–Kier alpha value is -0.560. The Morgan fingerprint density at radius 1 is 1.37 bits per heavy atom. The SMILES string of the molecule is CC1CNCCN1c1ccc2ncc(Br)n2n1.Cl.Cl. The second kappa shape index (κ2) is 6.74. The van der Waals surface area contributed by atoms with Crippen molar-refractivity contribution < 1.29 is 0 Å². The van der Waals surface area contributed by atoms with E-state index < -0.39 is 0 Å². The van der Waals surface area contributed by atoms with Crippen molar-refractivity contribution in [1.29, 1.82) is 0 Å². The van der Waals surface area contributed by atoms with Gasteiger partial charge in [-0.1, -0.05) is 0 Å². The smallest absolute Gasteiger partial charge is 0.154 e. The molecule has 1 aliphatic rings. The molecule has 0 bridgehead atoms. The van der Waals surface area contributed by atoms with Gasteiger partial charge in [-0.3, -0.25) is 0 Å². The van der Waals surface area contributed by atoms with Crippen LogP contribution in [0.4, 0.5) is 5.82 Å². The standard InChI is InChI=1S/C11H14BrN5.2ClH/c1-8-6-13-4-5-16(8)11-3-2-10-14-7-9(12)17(10)15-11;;/h2-3,7-8,13H,4-6H2,1H3;2*1H. The van der Waals surface area contributed by atoms with Gasteiger partial charge in [-0.25, -0.2) is 9.50 Å². The highest BCUT2D eigenvalue weighted by Gasteiger charge is 2.19. The second-order valence-electron chi connectivity index (χ2n) is 4.29. The van der Waals surface area contributed by atoms with Crippen molar-refractivity contribution in [2.24, 2.45) is 0 Å². The zero-order valence-corrected chi connectivity index (χ0v) is 13.6. The molecule has 1 fully saturated rings. The van der Waals surface area contributed by atoms with Gasteiger partial charge < -0.3 is 10.2 Å². The van der Waals surface area contributed by atoms with Gasteiger partial charge in [0.25, 0.3) is 0 Å². The number of halogens is 3. The van der Waals surface area contributed by atoms with Crippen LogP contribution in [0.1, 0.15) is 6.92 Å². The fourth-order valence-corrected chi connectivity index (χ4v) is 2.53. The molecule has 1 atom stereocenters. The number of hydrogen-bond donors (Lipinski definition) is 1. The molecule has 2 aromatic rings. The zero-order valence-electron chi connectivity index (χ0n) is 10.4. The fourth-order valence-electron chi connectivity index (χ4n) is 2.17. The quantitative estimate of drug-likeness (QED) is 0.837. The summed E-state index contributed by atoms with van der Waals surface area (Å²) in [5.74, 6) is 1.00. The molecule has 19 heavy (non-hydrogen) atoms. The largest absolute Gasteiger partial charge is 0.350 e. The Morgan fingerprint density at radius 3 is 2.89 bits per heavy atom. The molecule has 5 nitrogen and oxygen atoms in total. The van der Waals surface area contributed by atoms with E-state index in [1.165, 1.54) is 0 Å². The second-order valence-corrected chi connectivity index (χ2v) is 5.10. The van der Waals surface area contributed by atoms with Crippen LogP contribution >= 0.6 is 40.7 Å². The Kier molecular flexibility index (Phi) is 5.85. The number of fused-ring (bicyclic) bond motifs is 1. The third-order valence-corrected chi connectivity index (χ3v) is 3.64. The first-order chi connectivity index (χ1) is 8.25. The van der Waals surface area contributed by atoms with Crippen LogP contribution in [-0.4, -0.2) is 40.3 Å². The first-order valence-electron chi connectivity index (χ1n) is 5.73. The average Bonchev–Trinajstić information content (AvgIpc) is 2.71. The minimum absolute atomic E-state index is 0. The lowest BCUT2D eigenvalue weighted by Gasteiger charge is -2.34. The summed E-state index contributed by atoms with van der Waals surface area (Å²) in [6.07, 6.45) is 1.77. The lowest BCUT2D eigenvalue weighted by Crippen LogP contribution is -2.50. The van der Waals surface area contributed by atoms with Gasteiger partial charge in [-0.05, 0) is 35.0 Å². The summed E-state index contributed by atoms with van der Waals surface area (Å²) < 4.78 is 2.71. The van der Waals surface area contributed by atoms with Crippen LogP contribution in [0.5, 0.6) is 0 Å². The van der Waals surface area contributed by atoms with E-state index >= 15 is 0 Å². The van der Waals surface area contributed by atoms with Crippen LogP contribution in [0.2, 0.25) is 0 Å². The maximum absolute atomic E-state index is 4.61. The van der Waals surface area contributed by atoms with E-state index in [9.17, 15) is 0 Å². The highest BCUT2D eigenvalue weighted by Crippen LogP contribution is 2.18. The summed E-state index contributed by atoms with van der Waals surface area (Å²) in [5.41, 5.74) is 0.864. The van der Waals surface area contributed by atoms with E-state index in [1.807, 2.05) is 16.6 Å². The van der Waals surface area contributed by atoms with E-state index in [0.29, 0.717) is 6.04 Å². The Balaban J connectivity index is 0.000000902. The van der Waals surface area contributed by atoms with E-state index in [-0.39, 0.29) is 24.8 Å². The van der Waals surface area contributed by atoms with Gasteiger partial charge in [0.2, 0.25) is 0 Å².